The number of benzene rings is 2. The molecule has 1 atom stereocenters. The molecule has 2 aromatic carbocycles. The summed E-state index contributed by atoms with van der Waals surface area (Å²) in [5, 5.41) is 11.8. The van der Waals surface area contributed by atoms with Crippen molar-refractivity contribution in [2.75, 3.05) is 11.5 Å². The number of aliphatic hydroxyl groups excluding tert-OH is 1. The number of hydrogen-bond acceptors (Lipinski definition) is 7. The third kappa shape index (κ3) is 4.60. The number of nitrogens with zero attached hydrogens (tertiary/aromatic N) is 3. The van der Waals surface area contributed by atoms with E-state index in [9.17, 15) is 14.7 Å². The van der Waals surface area contributed by atoms with Gasteiger partial charge in [-0.15, -0.1) is 0 Å². The molecular weight excluding hydrogens is 486 g/mol. The number of aryl methyl sites for hydroxylation is 2. The van der Waals surface area contributed by atoms with Crippen LogP contribution in [0.2, 0.25) is 0 Å². The molecule has 0 radical (unpaired) electrons. The van der Waals surface area contributed by atoms with Crippen LogP contribution in [0.1, 0.15) is 48.1 Å². The first-order valence-corrected chi connectivity index (χ1v) is 13.0. The molecule has 1 amide bonds. The first-order chi connectivity index (χ1) is 17.9. The second kappa shape index (κ2) is 10.1. The van der Waals surface area contributed by atoms with E-state index in [0.717, 1.165) is 34.2 Å². The fourth-order valence-corrected chi connectivity index (χ4v) is 5.74. The lowest BCUT2D eigenvalue weighted by Crippen LogP contribution is -2.29. The molecule has 1 aliphatic heterocycles. The van der Waals surface area contributed by atoms with Crippen molar-refractivity contribution in [2.45, 2.75) is 39.7 Å². The van der Waals surface area contributed by atoms with Gasteiger partial charge < -0.3 is 9.84 Å². The van der Waals surface area contributed by atoms with Crippen molar-refractivity contribution in [3.05, 3.63) is 88.8 Å². The van der Waals surface area contributed by atoms with E-state index in [1.54, 1.807) is 48.8 Å². The van der Waals surface area contributed by atoms with E-state index in [1.807, 2.05) is 26.0 Å². The number of aromatic nitrogens is 2. The molecule has 1 fully saturated rings. The summed E-state index contributed by atoms with van der Waals surface area (Å²) in [5.74, 6) is -1.16. The van der Waals surface area contributed by atoms with Crippen molar-refractivity contribution >= 4 is 44.1 Å². The molecule has 2 aromatic heterocycles. The van der Waals surface area contributed by atoms with Crippen molar-refractivity contribution in [2.24, 2.45) is 0 Å². The monoisotopic (exact) mass is 513 g/mol. The van der Waals surface area contributed by atoms with Crippen molar-refractivity contribution in [1.29, 1.82) is 0 Å². The number of ether oxygens (including phenoxy) is 1. The number of amides is 1. The third-order valence-corrected chi connectivity index (χ3v) is 7.37. The predicted molar refractivity (Wildman–Crippen MR) is 145 cm³/mol. The largest absolute Gasteiger partial charge is 0.507 e. The molecule has 1 saturated heterocycles. The van der Waals surface area contributed by atoms with Crippen LogP contribution in [0.25, 0.3) is 16.0 Å². The van der Waals surface area contributed by atoms with Gasteiger partial charge in [0, 0.05) is 18.0 Å². The minimum absolute atomic E-state index is 0.00840. The average Bonchev–Trinajstić information content (AvgIpc) is 3.43. The van der Waals surface area contributed by atoms with Crippen molar-refractivity contribution in [3.8, 4) is 5.75 Å². The van der Waals surface area contributed by atoms with Crippen molar-refractivity contribution in [3.63, 3.8) is 0 Å². The van der Waals surface area contributed by atoms with Crippen LogP contribution in [0.5, 0.6) is 5.75 Å². The molecule has 188 valence electrons. The number of ketones is 1. The van der Waals surface area contributed by atoms with Crippen molar-refractivity contribution < 1.29 is 19.4 Å². The number of unbranched alkanes of at least 4 members (excludes halogenated alkanes) is 1. The highest BCUT2D eigenvalue weighted by molar-refractivity contribution is 7.22. The second-order valence-corrected chi connectivity index (χ2v) is 10.1. The Morgan fingerprint density at radius 1 is 1.11 bits per heavy atom. The molecule has 5 rings (SSSR count). The molecule has 1 unspecified atom stereocenters. The number of rotatable bonds is 7. The molecule has 0 spiro atoms. The van der Waals surface area contributed by atoms with Gasteiger partial charge in [-0.2, -0.15) is 0 Å². The summed E-state index contributed by atoms with van der Waals surface area (Å²) in [5.41, 5.74) is 3.94. The van der Waals surface area contributed by atoms with Crippen LogP contribution in [0, 0.1) is 13.8 Å². The quantitative estimate of drug-likeness (QED) is 0.139. The zero-order valence-electron chi connectivity index (χ0n) is 20.9. The standard InChI is InChI=1S/C29H27N3O4S/c1-4-5-13-36-21-8-6-7-20(16-21)26(33)23-25(19-9-11-30-12-10-19)32(28(35)27(23)34)29-31-24-18(3)14-17(2)15-22(24)37-29/h6-12,14-16,25,33H,4-5,13H2,1-3H3. The van der Waals surface area contributed by atoms with Gasteiger partial charge >= 0.3 is 5.91 Å². The molecule has 1 aliphatic rings. The molecular formula is C29H27N3O4S. The summed E-state index contributed by atoms with van der Waals surface area (Å²) in [6, 6.07) is 13.6. The SMILES string of the molecule is CCCCOc1cccc(C(O)=C2C(=O)C(=O)N(c3nc4c(C)cc(C)cc4s3)C2c2ccncc2)c1. The van der Waals surface area contributed by atoms with Crippen LogP contribution in [0.15, 0.2) is 66.5 Å². The zero-order valence-corrected chi connectivity index (χ0v) is 21.7. The number of carbonyl (C=O) groups excluding carboxylic acids is 2. The third-order valence-electron chi connectivity index (χ3n) is 6.36. The van der Waals surface area contributed by atoms with Crippen LogP contribution < -0.4 is 9.64 Å². The Balaban J connectivity index is 1.65. The van der Waals surface area contributed by atoms with E-state index >= 15 is 0 Å². The molecule has 0 aliphatic carbocycles. The van der Waals surface area contributed by atoms with Gasteiger partial charge in [0.2, 0.25) is 0 Å². The average molecular weight is 514 g/mol. The van der Waals surface area contributed by atoms with Gasteiger partial charge in [-0.1, -0.05) is 42.9 Å². The van der Waals surface area contributed by atoms with E-state index in [1.165, 1.54) is 16.2 Å². The van der Waals surface area contributed by atoms with Crippen LogP contribution >= 0.6 is 11.3 Å². The topological polar surface area (TPSA) is 92.6 Å². The molecule has 7 nitrogen and oxygen atoms in total. The van der Waals surface area contributed by atoms with Gasteiger partial charge in [-0.05, 0) is 67.3 Å². The van der Waals surface area contributed by atoms with Gasteiger partial charge in [0.1, 0.15) is 11.5 Å². The predicted octanol–water partition coefficient (Wildman–Crippen LogP) is 6.11. The lowest BCUT2D eigenvalue weighted by molar-refractivity contribution is -0.132. The van der Waals surface area contributed by atoms with E-state index < -0.39 is 17.7 Å². The Morgan fingerprint density at radius 2 is 1.89 bits per heavy atom. The van der Waals surface area contributed by atoms with Gasteiger partial charge in [0.25, 0.3) is 5.78 Å². The Kier molecular flexibility index (Phi) is 6.76. The van der Waals surface area contributed by atoms with Crippen LogP contribution in [0.4, 0.5) is 5.13 Å². The first-order valence-electron chi connectivity index (χ1n) is 12.2. The van der Waals surface area contributed by atoms with E-state index in [2.05, 4.69) is 11.9 Å². The Morgan fingerprint density at radius 3 is 2.65 bits per heavy atom. The Labute approximate surface area is 219 Å². The molecule has 4 aromatic rings. The minimum Gasteiger partial charge on any atom is -0.507 e. The Bertz CT molecular complexity index is 1530. The van der Waals surface area contributed by atoms with Gasteiger partial charge in [-0.25, -0.2) is 4.98 Å². The summed E-state index contributed by atoms with van der Waals surface area (Å²) in [4.78, 5) is 37.1. The first kappa shape index (κ1) is 24.6. The fourth-order valence-electron chi connectivity index (χ4n) is 4.58. The van der Waals surface area contributed by atoms with Gasteiger partial charge in [0.05, 0.1) is 28.4 Å². The number of hydrogen-bond donors (Lipinski definition) is 1. The number of carbonyl (C=O) groups is 2. The number of Topliss-reactive ketones (excluding diaryl/α,β-unsaturated/α-hetero) is 1. The molecule has 1 N–H and O–H groups in total. The highest BCUT2D eigenvalue weighted by Crippen LogP contribution is 2.44. The number of thiazole rings is 1. The van der Waals surface area contributed by atoms with Crippen LogP contribution in [-0.4, -0.2) is 33.4 Å². The Hall–Kier alpha value is -4.04. The minimum atomic E-state index is -0.852. The molecule has 0 bridgehead atoms. The number of fused-ring (bicyclic) bond motifs is 1. The van der Waals surface area contributed by atoms with Gasteiger partial charge in [0.15, 0.2) is 5.13 Å². The maximum absolute atomic E-state index is 13.5. The lowest BCUT2D eigenvalue weighted by Gasteiger charge is -2.22. The molecule has 37 heavy (non-hydrogen) atoms. The van der Waals surface area contributed by atoms with E-state index in [0.29, 0.717) is 28.6 Å². The maximum Gasteiger partial charge on any atom is 0.301 e. The second-order valence-electron chi connectivity index (χ2n) is 9.10. The van der Waals surface area contributed by atoms with Crippen molar-refractivity contribution in [1.82, 2.24) is 9.97 Å². The number of aliphatic hydroxyl groups is 1. The number of anilines is 1. The summed E-state index contributed by atoms with van der Waals surface area (Å²) in [7, 11) is 0. The smallest absolute Gasteiger partial charge is 0.301 e. The van der Waals surface area contributed by atoms with Gasteiger partial charge in [-0.3, -0.25) is 19.5 Å². The summed E-state index contributed by atoms with van der Waals surface area (Å²) in [6.45, 7) is 6.62. The summed E-state index contributed by atoms with van der Waals surface area (Å²) >= 11 is 1.35. The fraction of sp³-hybridized carbons (Fsp3) is 0.241. The summed E-state index contributed by atoms with van der Waals surface area (Å²) < 4.78 is 6.72. The zero-order chi connectivity index (χ0) is 26.1. The van der Waals surface area contributed by atoms with E-state index in [4.69, 9.17) is 9.72 Å². The van der Waals surface area contributed by atoms with E-state index in [-0.39, 0.29) is 11.3 Å². The highest BCUT2D eigenvalue weighted by Gasteiger charge is 2.48. The summed E-state index contributed by atoms with van der Waals surface area (Å²) in [6.07, 6.45) is 5.11. The number of pyridine rings is 1. The normalized spacial score (nSPS) is 17.1. The molecule has 3 heterocycles. The van der Waals surface area contributed by atoms with Crippen LogP contribution in [-0.2, 0) is 9.59 Å². The van der Waals surface area contributed by atoms with Crippen LogP contribution in [0.3, 0.4) is 0 Å². The highest BCUT2D eigenvalue weighted by atomic mass is 32.1. The lowest BCUT2D eigenvalue weighted by atomic mass is 9.96. The maximum atomic E-state index is 13.5. The molecule has 0 saturated carbocycles. The molecule has 8 heteroatoms.